The summed E-state index contributed by atoms with van der Waals surface area (Å²) in [6.07, 6.45) is 7.16. The fourth-order valence-corrected chi connectivity index (χ4v) is 8.22. The largest absolute Gasteiger partial charge is 0.506 e. The fraction of sp³-hybridized carbons (Fsp3) is 0.625. The first-order valence-electron chi connectivity index (χ1n) is 14.5. The van der Waals surface area contributed by atoms with Crippen LogP contribution in [0.2, 0.25) is 5.02 Å². The van der Waals surface area contributed by atoms with Gasteiger partial charge in [0, 0.05) is 6.54 Å². The van der Waals surface area contributed by atoms with Gasteiger partial charge in [0.2, 0.25) is 0 Å². The highest BCUT2D eigenvalue weighted by atomic mass is 35.5. The Kier molecular flexibility index (Phi) is 8.10. The van der Waals surface area contributed by atoms with Crippen molar-refractivity contribution < 1.29 is 14.9 Å². The first-order valence-corrected chi connectivity index (χ1v) is 14.9. The molecular weight excluding hydrogens is 482 g/mol. The molecule has 0 aliphatic heterocycles. The highest BCUT2D eigenvalue weighted by Gasteiger charge is 2.57. The number of rotatable bonds is 9. The van der Waals surface area contributed by atoms with E-state index in [0.29, 0.717) is 35.3 Å². The summed E-state index contributed by atoms with van der Waals surface area (Å²) < 4.78 is 6.13. The van der Waals surface area contributed by atoms with Crippen molar-refractivity contribution in [3.8, 4) is 11.5 Å². The lowest BCUT2D eigenvalue weighted by Crippen LogP contribution is -2.47. The van der Waals surface area contributed by atoms with Gasteiger partial charge in [-0.2, -0.15) is 0 Å². The van der Waals surface area contributed by atoms with Crippen LogP contribution in [-0.2, 0) is 6.42 Å². The van der Waals surface area contributed by atoms with E-state index in [0.717, 1.165) is 63.1 Å². The molecule has 2 N–H and O–H groups in total. The number of hydrogen-bond acceptors (Lipinski definition) is 4. The third-order valence-corrected chi connectivity index (χ3v) is 10.5. The molecule has 0 amide bonds. The fourth-order valence-electron chi connectivity index (χ4n) is 7.95. The van der Waals surface area contributed by atoms with E-state index in [2.05, 4.69) is 56.0 Å². The van der Waals surface area contributed by atoms with E-state index in [1.165, 1.54) is 24.0 Å². The van der Waals surface area contributed by atoms with Crippen LogP contribution < -0.4 is 4.74 Å². The van der Waals surface area contributed by atoms with E-state index in [1.807, 2.05) is 0 Å². The molecule has 0 spiro atoms. The van der Waals surface area contributed by atoms with Gasteiger partial charge in [-0.15, -0.1) is 0 Å². The van der Waals surface area contributed by atoms with Gasteiger partial charge in [0.25, 0.3) is 0 Å². The quantitative estimate of drug-likeness (QED) is 0.365. The maximum absolute atomic E-state index is 11.1. The summed E-state index contributed by atoms with van der Waals surface area (Å²) in [5, 5.41) is 21.9. The van der Waals surface area contributed by atoms with E-state index in [4.69, 9.17) is 16.3 Å². The molecule has 0 radical (unpaired) electrons. The van der Waals surface area contributed by atoms with Crippen LogP contribution in [0.5, 0.6) is 11.5 Å². The van der Waals surface area contributed by atoms with E-state index in [-0.39, 0.29) is 17.3 Å². The third-order valence-electron chi connectivity index (χ3n) is 10.0. The number of phenols is 1. The molecule has 2 fully saturated rings. The Morgan fingerprint density at radius 3 is 2.57 bits per heavy atom. The predicted molar refractivity (Wildman–Crippen MR) is 151 cm³/mol. The van der Waals surface area contributed by atoms with Crippen molar-refractivity contribution in [3.05, 3.63) is 58.1 Å². The minimum absolute atomic E-state index is 0.0542. The zero-order valence-corrected chi connectivity index (χ0v) is 23.5. The Hall–Kier alpha value is -1.75. The molecule has 0 unspecified atom stereocenters. The number of aliphatic hydroxyl groups is 1. The summed E-state index contributed by atoms with van der Waals surface area (Å²) in [5.41, 5.74) is 3.69. The van der Waals surface area contributed by atoms with Gasteiger partial charge in [0.05, 0.1) is 11.1 Å². The molecule has 5 heteroatoms. The number of aliphatic hydroxyl groups excluding tert-OH is 1. The standard InChI is InChI=1S/C32H44ClNO3/c1-4-6-17-34(5-2)18-19-37-22-9-7-21(8-10-22)26-20-32(3)27(14-16-29(32)36)25-12-11-24-23(30(25)26)13-15-28(35)31(24)33/h7-10,13,15,25-27,29-30,35-36H,4-6,11-12,14,16-20H2,1-3H3/t25-,26+,27-,29-,30+,32-/m0/s1. The van der Waals surface area contributed by atoms with E-state index >= 15 is 0 Å². The lowest BCUT2D eigenvalue weighted by Gasteiger charge is -2.54. The number of benzene rings is 2. The van der Waals surface area contributed by atoms with Gasteiger partial charge in [-0.3, -0.25) is 0 Å². The molecular formula is C32H44ClNO3. The first-order chi connectivity index (χ1) is 17.9. The normalized spacial score (nSPS) is 30.6. The maximum Gasteiger partial charge on any atom is 0.134 e. The highest BCUT2D eigenvalue weighted by molar-refractivity contribution is 6.32. The van der Waals surface area contributed by atoms with Crippen LogP contribution in [0.3, 0.4) is 0 Å². The monoisotopic (exact) mass is 525 g/mol. The van der Waals surface area contributed by atoms with Crippen molar-refractivity contribution in [3.63, 3.8) is 0 Å². The number of ether oxygens (including phenoxy) is 1. The van der Waals surface area contributed by atoms with Crippen molar-refractivity contribution in [1.29, 1.82) is 0 Å². The number of halogens is 1. The Labute approximate surface area is 228 Å². The average molecular weight is 526 g/mol. The number of likely N-dealkylation sites (N-methyl/N-ethyl adjacent to an activating group) is 1. The SMILES string of the molecule is CCCCN(CC)CCOc1ccc([C@H]2C[C@]3(C)[C@@H](O)CC[C@H]3[C@@H]3CCc4c(ccc(O)c4Cl)[C@H]32)cc1. The lowest BCUT2D eigenvalue weighted by molar-refractivity contribution is -0.0322. The second-order valence-corrected chi connectivity index (χ2v) is 12.3. The Morgan fingerprint density at radius 2 is 1.84 bits per heavy atom. The average Bonchev–Trinajstić information content (AvgIpc) is 3.21. The second-order valence-electron chi connectivity index (χ2n) is 11.9. The molecule has 6 atom stereocenters. The Balaban J connectivity index is 1.39. The van der Waals surface area contributed by atoms with E-state index in [9.17, 15) is 10.2 Å². The Morgan fingerprint density at radius 1 is 1.05 bits per heavy atom. The molecule has 4 nitrogen and oxygen atoms in total. The van der Waals surface area contributed by atoms with Gasteiger partial charge in [-0.25, -0.2) is 0 Å². The zero-order chi connectivity index (χ0) is 26.2. The molecule has 2 aromatic rings. The van der Waals surface area contributed by atoms with Crippen LogP contribution >= 0.6 is 11.6 Å². The molecule has 0 bridgehead atoms. The van der Waals surface area contributed by atoms with Gasteiger partial charge in [-0.05, 0) is 116 Å². The summed E-state index contributed by atoms with van der Waals surface area (Å²) in [7, 11) is 0. The molecule has 0 saturated heterocycles. The summed E-state index contributed by atoms with van der Waals surface area (Å²) in [4.78, 5) is 2.45. The van der Waals surface area contributed by atoms with Gasteiger partial charge >= 0.3 is 0 Å². The van der Waals surface area contributed by atoms with Crippen LogP contribution in [0.4, 0.5) is 0 Å². The number of phenolic OH excluding ortho intramolecular Hbond substituents is 1. The van der Waals surface area contributed by atoms with Crippen LogP contribution in [-0.4, -0.2) is 47.5 Å². The van der Waals surface area contributed by atoms with Gasteiger partial charge < -0.3 is 19.8 Å². The van der Waals surface area contributed by atoms with E-state index in [1.54, 1.807) is 6.07 Å². The summed E-state index contributed by atoms with van der Waals surface area (Å²) >= 11 is 6.62. The number of hydrogen-bond donors (Lipinski definition) is 2. The minimum atomic E-state index is -0.234. The number of unbranched alkanes of at least 4 members (excludes halogenated alkanes) is 1. The van der Waals surface area contributed by atoms with Crippen LogP contribution in [0, 0.1) is 17.3 Å². The van der Waals surface area contributed by atoms with Gasteiger partial charge in [0.15, 0.2) is 0 Å². The van der Waals surface area contributed by atoms with Gasteiger partial charge in [0.1, 0.15) is 18.1 Å². The summed E-state index contributed by atoms with van der Waals surface area (Å²) in [5.74, 6) is 2.82. The lowest BCUT2D eigenvalue weighted by atomic mass is 9.51. The van der Waals surface area contributed by atoms with Crippen LogP contribution in [0.1, 0.15) is 87.8 Å². The topological polar surface area (TPSA) is 52.9 Å². The van der Waals surface area contributed by atoms with Crippen molar-refractivity contribution in [2.75, 3.05) is 26.2 Å². The van der Waals surface area contributed by atoms with Crippen molar-refractivity contribution >= 4 is 11.6 Å². The van der Waals surface area contributed by atoms with Crippen LogP contribution in [0.15, 0.2) is 36.4 Å². The molecule has 0 heterocycles. The first kappa shape index (κ1) is 26.8. The molecule has 2 aromatic carbocycles. The number of fused-ring (bicyclic) bond motifs is 5. The Bertz CT molecular complexity index is 1070. The molecule has 5 rings (SSSR count). The minimum Gasteiger partial charge on any atom is -0.506 e. The molecule has 3 aliphatic carbocycles. The molecule has 37 heavy (non-hydrogen) atoms. The number of nitrogens with zero attached hydrogens (tertiary/aromatic N) is 1. The van der Waals surface area contributed by atoms with Crippen molar-refractivity contribution in [2.24, 2.45) is 17.3 Å². The van der Waals surface area contributed by atoms with Crippen molar-refractivity contribution in [2.45, 2.75) is 83.7 Å². The maximum atomic E-state index is 11.1. The molecule has 202 valence electrons. The zero-order valence-electron chi connectivity index (χ0n) is 22.8. The highest BCUT2D eigenvalue weighted by Crippen LogP contribution is 2.65. The van der Waals surface area contributed by atoms with E-state index < -0.39 is 0 Å². The molecule has 2 saturated carbocycles. The van der Waals surface area contributed by atoms with Gasteiger partial charge in [-0.1, -0.05) is 57.0 Å². The molecule has 3 aliphatic rings. The van der Waals surface area contributed by atoms with Crippen LogP contribution in [0.25, 0.3) is 0 Å². The smallest absolute Gasteiger partial charge is 0.134 e. The van der Waals surface area contributed by atoms with Crippen molar-refractivity contribution in [1.82, 2.24) is 4.90 Å². The molecule has 0 aromatic heterocycles. The second kappa shape index (κ2) is 11.2. The summed E-state index contributed by atoms with van der Waals surface area (Å²) in [6.45, 7) is 10.6. The third kappa shape index (κ3) is 5.02. The summed E-state index contributed by atoms with van der Waals surface area (Å²) in [6, 6.07) is 12.6. The predicted octanol–water partition coefficient (Wildman–Crippen LogP) is 7.16. The number of aromatic hydroxyl groups is 1.